The van der Waals surface area contributed by atoms with E-state index in [-0.39, 0.29) is 11.1 Å². The third-order valence-electron chi connectivity index (χ3n) is 2.85. The highest BCUT2D eigenvalue weighted by molar-refractivity contribution is 7.16. The first-order chi connectivity index (χ1) is 11.0. The molecule has 0 saturated heterocycles. The van der Waals surface area contributed by atoms with Crippen molar-refractivity contribution in [2.45, 2.75) is 6.92 Å². The summed E-state index contributed by atoms with van der Waals surface area (Å²) in [5, 5.41) is 12.1. The Kier molecular flexibility index (Phi) is 5.23. The molecule has 0 saturated carbocycles. The number of carbonyl (C=O) groups excluding carboxylic acids is 2. The number of nitrogens with zero attached hydrogens (tertiary/aromatic N) is 2. The van der Waals surface area contributed by atoms with Crippen LogP contribution in [0.15, 0.2) is 36.2 Å². The minimum Gasteiger partial charge on any atom is -0.465 e. The number of aryl methyl sites for hydroxylation is 1. The van der Waals surface area contributed by atoms with E-state index < -0.39 is 11.9 Å². The summed E-state index contributed by atoms with van der Waals surface area (Å²) in [6.45, 7) is 1.81. The van der Waals surface area contributed by atoms with Gasteiger partial charge in [-0.15, -0.1) is 11.3 Å². The lowest BCUT2D eigenvalue weighted by Crippen LogP contribution is -2.15. The molecule has 23 heavy (non-hydrogen) atoms. The van der Waals surface area contributed by atoms with Gasteiger partial charge in [0, 0.05) is 17.3 Å². The third kappa shape index (κ3) is 4.02. The molecular weight excluding hydrogens is 314 g/mol. The Morgan fingerprint density at radius 2 is 2.26 bits per heavy atom. The molecule has 0 radical (unpaired) electrons. The van der Waals surface area contributed by atoms with Gasteiger partial charge in [0.2, 0.25) is 0 Å². The van der Waals surface area contributed by atoms with Gasteiger partial charge in [-0.2, -0.15) is 5.26 Å². The number of esters is 1. The number of nitrogens with one attached hydrogen (secondary N) is 1. The Bertz CT molecular complexity index is 804. The van der Waals surface area contributed by atoms with Crippen LogP contribution < -0.4 is 5.32 Å². The number of anilines is 1. The highest BCUT2D eigenvalue weighted by Crippen LogP contribution is 2.28. The fourth-order valence-electron chi connectivity index (χ4n) is 1.82. The van der Waals surface area contributed by atoms with Crippen molar-refractivity contribution in [2.75, 3.05) is 12.4 Å². The van der Waals surface area contributed by atoms with E-state index >= 15 is 0 Å². The summed E-state index contributed by atoms with van der Waals surface area (Å²) in [6, 6.07) is 6.91. The van der Waals surface area contributed by atoms with Gasteiger partial charge < -0.3 is 10.1 Å². The van der Waals surface area contributed by atoms with Crippen molar-refractivity contribution in [2.24, 2.45) is 0 Å². The summed E-state index contributed by atoms with van der Waals surface area (Å²) in [5.74, 6) is -1.14. The molecule has 1 amide bonds. The average molecular weight is 327 g/mol. The van der Waals surface area contributed by atoms with Crippen molar-refractivity contribution in [3.63, 3.8) is 0 Å². The predicted octanol–water partition coefficient (Wildman–Crippen LogP) is 2.78. The second-order valence-electron chi connectivity index (χ2n) is 4.50. The summed E-state index contributed by atoms with van der Waals surface area (Å²) < 4.78 is 4.68. The van der Waals surface area contributed by atoms with E-state index in [0.29, 0.717) is 10.6 Å². The highest BCUT2D eigenvalue weighted by atomic mass is 32.1. The van der Waals surface area contributed by atoms with Crippen molar-refractivity contribution < 1.29 is 14.3 Å². The number of aromatic nitrogens is 1. The number of amides is 1. The maximum absolute atomic E-state index is 12.3. The van der Waals surface area contributed by atoms with Gasteiger partial charge in [-0.05, 0) is 30.7 Å². The van der Waals surface area contributed by atoms with Gasteiger partial charge in [0.05, 0.1) is 12.7 Å². The number of methoxy groups -OCH3 is 1. The lowest BCUT2D eigenvalue weighted by molar-refractivity contribution is -0.112. The smallest absolute Gasteiger partial charge is 0.340 e. The highest BCUT2D eigenvalue weighted by Gasteiger charge is 2.19. The van der Waals surface area contributed by atoms with Crippen LogP contribution in [0.5, 0.6) is 0 Å². The number of rotatable bonds is 4. The van der Waals surface area contributed by atoms with Crippen LogP contribution >= 0.6 is 11.3 Å². The molecule has 0 aliphatic rings. The number of pyridine rings is 1. The molecule has 2 rings (SSSR count). The summed E-state index contributed by atoms with van der Waals surface area (Å²) >= 11 is 1.24. The first kappa shape index (κ1) is 16.4. The Morgan fingerprint density at radius 3 is 2.87 bits per heavy atom. The molecular formula is C16H13N3O3S. The van der Waals surface area contributed by atoms with E-state index in [1.165, 1.54) is 24.5 Å². The van der Waals surface area contributed by atoms with Crippen LogP contribution in [0, 0.1) is 18.3 Å². The molecule has 116 valence electrons. The van der Waals surface area contributed by atoms with Crippen molar-refractivity contribution in [1.82, 2.24) is 4.98 Å². The molecule has 0 atom stereocenters. The molecule has 1 N–H and O–H groups in total. The van der Waals surface area contributed by atoms with E-state index in [9.17, 15) is 14.9 Å². The number of ether oxygens (including phenoxy) is 1. The zero-order valence-corrected chi connectivity index (χ0v) is 13.3. The maximum Gasteiger partial charge on any atom is 0.340 e. The van der Waals surface area contributed by atoms with Crippen molar-refractivity contribution in [3.8, 4) is 6.07 Å². The van der Waals surface area contributed by atoms with Crippen molar-refractivity contribution in [1.29, 1.82) is 5.26 Å². The lowest BCUT2D eigenvalue weighted by atomic mass is 10.1. The number of nitriles is 1. The van der Waals surface area contributed by atoms with E-state index in [0.717, 1.165) is 4.88 Å². The summed E-state index contributed by atoms with van der Waals surface area (Å²) in [7, 11) is 1.27. The quantitative estimate of drug-likeness (QED) is 0.529. The van der Waals surface area contributed by atoms with Crippen LogP contribution in [-0.2, 0) is 9.53 Å². The van der Waals surface area contributed by atoms with E-state index in [1.54, 1.807) is 30.6 Å². The third-order valence-corrected chi connectivity index (χ3v) is 3.81. The van der Waals surface area contributed by atoms with Crippen molar-refractivity contribution in [3.05, 3.63) is 52.2 Å². The number of carbonyl (C=O) groups is 2. The van der Waals surface area contributed by atoms with Crippen molar-refractivity contribution >= 4 is 34.3 Å². The SMILES string of the molecule is COC(=O)c1cc(C)sc1NC(=O)/C(C#N)=C/c1cccnc1. The van der Waals surface area contributed by atoms with E-state index in [4.69, 9.17) is 0 Å². The molecule has 2 aromatic rings. The van der Waals surface area contributed by atoms with Crippen LogP contribution in [0.3, 0.4) is 0 Å². The largest absolute Gasteiger partial charge is 0.465 e. The van der Waals surface area contributed by atoms with Crippen LogP contribution in [0.2, 0.25) is 0 Å². The zero-order valence-electron chi connectivity index (χ0n) is 12.5. The second kappa shape index (κ2) is 7.33. The first-order valence-electron chi connectivity index (χ1n) is 6.57. The average Bonchev–Trinajstić information content (AvgIpc) is 2.93. The Labute approximate surface area is 137 Å². The first-order valence-corrected chi connectivity index (χ1v) is 7.38. The van der Waals surface area contributed by atoms with Gasteiger partial charge in [0.15, 0.2) is 0 Å². The zero-order chi connectivity index (χ0) is 16.8. The fourth-order valence-corrected chi connectivity index (χ4v) is 2.71. The normalized spacial score (nSPS) is 10.7. The minimum absolute atomic E-state index is 0.0835. The summed E-state index contributed by atoms with van der Waals surface area (Å²) in [6.07, 6.45) is 4.57. The van der Waals surface area contributed by atoms with Crippen LogP contribution in [-0.4, -0.2) is 24.0 Å². The number of hydrogen-bond donors (Lipinski definition) is 1. The molecule has 0 bridgehead atoms. The standard InChI is InChI=1S/C16H13N3O3S/c1-10-6-13(16(21)22-2)15(23-10)19-14(20)12(8-17)7-11-4-3-5-18-9-11/h3-7,9H,1-2H3,(H,19,20)/b12-7+. The van der Waals surface area contributed by atoms with Gasteiger partial charge in [0.25, 0.3) is 5.91 Å². The van der Waals surface area contributed by atoms with E-state index in [1.807, 2.05) is 13.0 Å². The van der Waals surface area contributed by atoms with Gasteiger partial charge in [-0.3, -0.25) is 9.78 Å². The molecule has 6 nitrogen and oxygen atoms in total. The maximum atomic E-state index is 12.3. The van der Waals surface area contributed by atoms with Gasteiger partial charge >= 0.3 is 5.97 Å². The molecule has 0 aliphatic carbocycles. The molecule has 0 fully saturated rings. The van der Waals surface area contributed by atoms with Crippen LogP contribution in [0.4, 0.5) is 5.00 Å². The number of hydrogen-bond acceptors (Lipinski definition) is 6. The Balaban J connectivity index is 2.26. The van der Waals surface area contributed by atoms with Gasteiger partial charge in [-0.1, -0.05) is 6.07 Å². The monoisotopic (exact) mass is 327 g/mol. The topological polar surface area (TPSA) is 92.1 Å². The van der Waals surface area contributed by atoms with Crippen LogP contribution in [0.25, 0.3) is 6.08 Å². The molecule has 0 spiro atoms. The lowest BCUT2D eigenvalue weighted by Gasteiger charge is -2.04. The molecule has 2 aromatic heterocycles. The minimum atomic E-state index is -0.594. The molecule has 0 aliphatic heterocycles. The van der Waals surface area contributed by atoms with Gasteiger partial charge in [-0.25, -0.2) is 4.79 Å². The van der Waals surface area contributed by atoms with Crippen LogP contribution in [0.1, 0.15) is 20.8 Å². The fraction of sp³-hybridized carbons (Fsp3) is 0.125. The second-order valence-corrected chi connectivity index (χ2v) is 5.76. The molecule has 2 heterocycles. The number of thiophene rings is 1. The van der Waals surface area contributed by atoms with Gasteiger partial charge in [0.1, 0.15) is 16.6 Å². The predicted molar refractivity (Wildman–Crippen MR) is 86.9 cm³/mol. The summed E-state index contributed by atoms with van der Waals surface area (Å²) in [4.78, 5) is 28.7. The molecule has 0 unspecified atom stereocenters. The summed E-state index contributed by atoms with van der Waals surface area (Å²) in [5.41, 5.74) is 0.816. The Hall–Kier alpha value is -2.98. The molecule has 7 heteroatoms. The van der Waals surface area contributed by atoms with E-state index in [2.05, 4.69) is 15.0 Å². The molecule has 0 aromatic carbocycles. The Morgan fingerprint density at radius 1 is 1.48 bits per heavy atom.